The molecule has 1 fully saturated rings. The molecule has 114 valence electrons. The average molecular weight is 304 g/mol. The highest BCUT2D eigenvalue weighted by atomic mass is 32.1. The van der Waals surface area contributed by atoms with E-state index in [1.165, 1.54) is 24.1 Å². The zero-order valence-corrected chi connectivity index (χ0v) is 13.7. The second-order valence-electron chi connectivity index (χ2n) is 6.14. The van der Waals surface area contributed by atoms with Crippen molar-refractivity contribution in [3.8, 4) is 0 Å². The first-order chi connectivity index (χ1) is 10.2. The van der Waals surface area contributed by atoms with Gasteiger partial charge in [0.05, 0.1) is 10.9 Å². The largest absolute Gasteiger partial charge is 0.362 e. The molecule has 3 rings (SSSR count). The number of hydrogen-bond donors (Lipinski definition) is 2. The third kappa shape index (κ3) is 2.64. The van der Waals surface area contributed by atoms with Gasteiger partial charge in [-0.25, -0.2) is 9.97 Å². The van der Waals surface area contributed by atoms with Crippen molar-refractivity contribution in [3.05, 3.63) is 17.3 Å². The van der Waals surface area contributed by atoms with Crippen LogP contribution in [0.1, 0.15) is 44.4 Å². The highest BCUT2D eigenvalue weighted by Crippen LogP contribution is 2.37. The standard InChI is InChI=1S/C16H24N4S/c1-3-12-8-13-14(18-10-19-15(13)21-12)20-16(9-17)7-5-4-6-11(16)2/h8,10-11H,3-7,9,17H2,1-2H3,(H,18,19,20). The van der Waals surface area contributed by atoms with Crippen LogP contribution in [0.4, 0.5) is 5.82 Å². The van der Waals surface area contributed by atoms with Crippen LogP contribution in [0.5, 0.6) is 0 Å². The first-order valence-electron chi connectivity index (χ1n) is 7.90. The lowest BCUT2D eigenvalue weighted by Gasteiger charge is -2.43. The molecular weight excluding hydrogens is 280 g/mol. The SMILES string of the molecule is CCc1cc2c(NC3(CN)CCCCC3C)ncnc2s1. The normalized spacial score (nSPS) is 26.1. The lowest BCUT2D eigenvalue weighted by Crippen LogP contribution is -2.52. The number of aryl methyl sites for hydroxylation is 1. The lowest BCUT2D eigenvalue weighted by molar-refractivity contribution is 0.235. The van der Waals surface area contributed by atoms with E-state index in [0.29, 0.717) is 12.5 Å². The summed E-state index contributed by atoms with van der Waals surface area (Å²) in [5.41, 5.74) is 6.13. The van der Waals surface area contributed by atoms with Gasteiger partial charge < -0.3 is 11.1 Å². The van der Waals surface area contributed by atoms with Gasteiger partial charge in [-0.2, -0.15) is 0 Å². The monoisotopic (exact) mass is 304 g/mol. The van der Waals surface area contributed by atoms with Crippen molar-refractivity contribution in [2.75, 3.05) is 11.9 Å². The average Bonchev–Trinajstić information content (AvgIpc) is 2.94. The molecule has 3 N–H and O–H groups in total. The fraction of sp³-hybridized carbons (Fsp3) is 0.625. The number of anilines is 1. The number of nitrogens with two attached hydrogens (primary N) is 1. The number of rotatable bonds is 4. The van der Waals surface area contributed by atoms with Crippen molar-refractivity contribution in [3.63, 3.8) is 0 Å². The molecule has 4 nitrogen and oxygen atoms in total. The third-order valence-electron chi connectivity index (χ3n) is 4.91. The van der Waals surface area contributed by atoms with Crippen LogP contribution in [0.25, 0.3) is 10.2 Å². The molecule has 2 aromatic rings. The minimum atomic E-state index is -0.0200. The molecule has 2 heterocycles. The van der Waals surface area contributed by atoms with E-state index in [0.717, 1.165) is 28.9 Å². The second-order valence-corrected chi connectivity index (χ2v) is 7.25. The van der Waals surface area contributed by atoms with Crippen LogP contribution in [-0.4, -0.2) is 22.1 Å². The van der Waals surface area contributed by atoms with E-state index in [9.17, 15) is 0 Å². The Bertz CT molecular complexity index is 624. The molecule has 5 heteroatoms. The van der Waals surface area contributed by atoms with Gasteiger partial charge in [0.15, 0.2) is 0 Å². The van der Waals surface area contributed by atoms with Crippen molar-refractivity contribution in [1.29, 1.82) is 0 Å². The van der Waals surface area contributed by atoms with Crippen LogP contribution in [0.15, 0.2) is 12.4 Å². The van der Waals surface area contributed by atoms with E-state index in [-0.39, 0.29) is 5.54 Å². The summed E-state index contributed by atoms with van der Waals surface area (Å²) >= 11 is 1.76. The minimum Gasteiger partial charge on any atom is -0.362 e. The molecule has 0 aliphatic heterocycles. The smallest absolute Gasteiger partial charge is 0.138 e. The maximum atomic E-state index is 6.15. The highest BCUT2D eigenvalue weighted by Gasteiger charge is 2.37. The summed E-state index contributed by atoms with van der Waals surface area (Å²) in [5, 5.41) is 4.85. The Morgan fingerprint density at radius 3 is 3.00 bits per heavy atom. The first-order valence-corrected chi connectivity index (χ1v) is 8.72. The van der Waals surface area contributed by atoms with Crippen LogP contribution < -0.4 is 11.1 Å². The number of hydrogen-bond acceptors (Lipinski definition) is 5. The molecular formula is C16H24N4S. The fourth-order valence-corrected chi connectivity index (χ4v) is 4.30. The molecule has 1 saturated carbocycles. The van der Waals surface area contributed by atoms with Gasteiger partial charge in [-0.3, -0.25) is 0 Å². The molecule has 0 aromatic carbocycles. The third-order valence-corrected chi connectivity index (χ3v) is 6.10. The Balaban J connectivity index is 1.98. The molecule has 0 saturated heterocycles. The van der Waals surface area contributed by atoms with E-state index in [4.69, 9.17) is 5.73 Å². The van der Waals surface area contributed by atoms with E-state index < -0.39 is 0 Å². The summed E-state index contributed by atoms with van der Waals surface area (Å²) in [6, 6.07) is 2.22. The number of nitrogens with zero attached hydrogens (tertiary/aromatic N) is 2. The van der Waals surface area contributed by atoms with Gasteiger partial charge in [-0.15, -0.1) is 11.3 Å². The Kier molecular flexibility index (Phi) is 4.13. The Labute approximate surface area is 130 Å². The summed E-state index contributed by atoms with van der Waals surface area (Å²) in [6.07, 6.45) is 7.62. The molecule has 2 unspecified atom stereocenters. The predicted octanol–water partition coefficient (Wildman–Crippen LogP) is 3.57. The van der Waals surface area contributed by atoms with E-state index >= 15 is 0 Å². The topological polar surface area (TPSA) is 63.8 Å². The maximum absolute atomic E-state index is 6.15. The van der Waals surface area contributed by atoms with Crippen molar-refractivity contribution in [2.45, 2.75) is 51.5 Å². The molecule has 0 radical (unpaired) electrons. The van der Waals surface area contributed by atoms with Crippen molar-refractivity contribution >= 4 is 27.4 Å². The zero-order valence-electron chi connectivity index (χ0n) is 12.9. The van der Waals surface area contributed by atoms with Crippen LogP contribution in [0.3, 0.4) is 0 Å². The number of thiophene rings is 1. The predicted molar refractivity (Wildman–Crippen MR) is 89.8 cm³/mol. The Hall–Kier alpha value is -1.20. The summed E-state index contributed by atoms with van der Waals surface area (Å²) < 4.78 is 0. The van der Waals surface area contributed by atoms with Gasteiger partial charge in [0, 0.05) is 11.4 Å². The van der Waals surface area contributed by atoms with Crippen LogP contribution in [0.2, 0.25) is 0 Å². The van der Waals surface area contributed by atoms with Crippen molar-refractivity contribution in [1.82, 2.24) is 9.97 Å². The van der Waals surface area contributed by atoms with E-state index in [1.807, 2.05) is 0 Å². The van der Waals surface area contributed by atoms with Crippen molar-refractivity contribution < 1.29 is 0 Å². The van der Waals surface area contributed by atoms with Crippen LogP contribution in [-0.2, 0) is 6.42 Å². The highest BCUT2D eigenvalue weighted by molar-refractivity contribution is 7.18. The molecule has 0 bridgehead atoms. The summed E-state index contributed by atoms with van der Waals surface area (Å²) in [7, 11) is 0. The zero-order chi connectivity index (χ0) is 14.9. The minimum absolute atomic E-state index is 0.0200. The van der Waals surface area contributed by atoms with Crippen LogP contribution in [0, 0.1) is 5.92 Å². The van der Waals surface area contributed by atoms with Gasteiger partial charge in [0.2, 0.25) is 0 Å². The van der Waals surface area contributed by atoms with E-state index in [2.05, 4.69) is 35.2 Å². The van der Waals surface area contributed by atoms with Gasteiger partial charge in [-0.05, 0) is 31.2 Å². The molecule has 2 aromatic heterocycles. The fourth-order valence-electron chi connectivity index (χ4n) is 3.37. The molecule has 21 heavy (non-hydrogen) atoms. The summed E-state index contributed by atoms with van der Waals surface area (Å²) in [4.78, 5) is 11.3. The summed E-state index contributed by atoms with van der Waals surface area (Å²) in [6.45, 7) is 5.14. The maximum Gasteiger partial charge on any atom is 0.138 e. The summed E-state index contributed by atoms with van der Waals surface area (Å²) in [5.74, 6) is 1.53. The van der Waals surface area contributed by atoms with E-state index in [1.54, 1.807) is 17.7 Å². The number of aromatic nitrogens is 2. The molecule has 1 aliphatic carbocycles. The first kappa shape index (κ1) is 14.7. The van der Waals surface area contributed by atoms with Gasteiger partial charge in [0.25, 0.3) is 0 Å². The number of fused-ring (bicyclic) bond motifs is 1. The number of nitrogens with one attached hydrogen (secondary N) is 1. The molecule has 0 amide bonds. The van der Waals surface area contributed by atoms with Gasteiger partial charge >= 0.3 is 0 Å². The molecule has 0 spiro atoms. The molecule has 2 atom stereocenters. The van der Waals surface area contributed by atoms with Crippen molar-refractivity contribution in [2.24, 2.45) is 11.7 Å². The van der Waals surface area contributed by atoms with Gasteiger partial charge in [0.1, 0.15) is 17.0 Å². The molecule has 1 aliphatic rings. The van der Waals surface area contributed by atoms with Gasteiger partial charge in [-0.1, -0.05) is 26.7 Å². The lowest BCUT2D eigenvalue weighted by atomic mass is 9.73. The van der Waals surface area contributed by atoms with Crippen LogP contribution >= 0.6 is 11.3 Å². The Morgan fingerprint density at radius 2 is 2.29 bits per heavy atom. The quantitative estimate of drug-likeness (QED) is 0.906. The second kappa shape index (κ2) is 5.89. The Morgan fingerprint density at radius 1 is 1.43 bits per heavy atom.